The lowest BCUT2D eigenvalue weighted by Gasteiger charge is -2.25. The Morgan fingerprint density at radius 1 is 1.33 bits per heavy atom. The van der Waals surface area contributed by atoms with Gasteiger partial charge in [0.1, 0.15) is 0 Å². The molecule has 2 unspecified atom stereocenters. The number of nitrogens with one attached hydrogen (secondary N) is 1. The summed E-state index contributed by atoms with van der Waals surface area (Å²) in [4.78, 5) is 0. The summed E-state index contributed by atoms with van der Waals surface area (Å²) in [7, 11) is 0. The molecular formula is C15H25ClN2. The van der Waals surface area contributed by atoms with E-state index in [1.807, 2.05) is 18.2 Å². The topological polar surface area (TPSA) is 38.0 Å². The maximum Gasteiger partial charge on any atom is 0.0408 e. The number of hydrogen-bond acceptors (Lipinski definition) is 2. The van der Waals surface area contributed by atoms with Crippen molar-refractivity contribution < 1.29 is 0 Å². The Morgan fingerprint density at radius 2 is 2.11 bits per heavy atom. The minimum absolute atomic E-state index is 0.333. The molecule has 2 nitrogen and oxygen atoms in total. The Balaban J connectivity index is 2.64. The normalized spacial score (nSPS) is 14.4. The number of unbranched alkanes of at least 4 members (excludes halogenated alkanes) is 1. The van der Waals surface area contributed by atoms with E-state index in [2.05, 4.69) is 25.3 Å². The molecule has 0 amide bonds. The highest BCUT2D eigenvalue weighted by atomic mass is 35.5. The molecule has 0 aliphatic rings. The van der Waals surface area contributed by atoms with Crippen LogP contribution in [0.1, 0.15) is 45.1 Å². The average Bonchev–Trinajstić information content (AvgIpc) is 2.38. The van der Waals surface area contributed by atoms with Crippen molar-refractivity contribution in [3.8, 4) is 0 Å². The Morgan fingerprint density at radius 3 is 2.67 bits per heavy atom. The number of hydrazine groups is 1. The number of nitrogens with two attached hydrogens (primary N) is 1. The van der Waals surface area contributed by atoms with E-state index in [4.69, 9.17) is 17.4 Å². The van der Waals surface area contributed by atoms with Crippen LogP contribution in [0, 0.1) is 5.92 Å². The number of hydrogen-bond donors (Lipinski definition) is 2. The molecule has 0 fully saturated rings. The zero-order chi connectivity index (χ0) is 13.4. The second-order valence-electron chi connectivity index (χ2n) is 4.92. The van der Waals surface area contributed by atoms with Crippen LogP contribution in [-0.4, -0.2) is 6.04 Å². The summed E-state index contributed by atoms with van der Waals surface area (Å²) in [5.41, 5.74) is 4.24. The van der Waals surface area contributed by atoms with Gasteiger partial charge in [-0.3, -0.25) is 11.3 Å². The van der Waals surface area contributed by atoms with E-state index in [1.54, 1.807) is 0 Å². The molecule has 3 heteroatoms. The molecule has 0 radical (unpaired) electrons. The highest BCUT2D eigenvalue weighted by molar-refractivity contribution is 6.30. The zero-order valence-corrected chi connectivity index (χ0v) is 12.2. The number of halogens is 1. The van der Waals surface area contributed by atoms with E-state index >= 15 is 0 Å². The second kappa shape index (κ2) is 8.52. The Labute approximate surface area is 116 Å². The van der Waals surface area contributed by atoms with E-state index in [0.717, 1.165) is 17.9 Å². The first-order valence-corrected chi connectivity index (χ1v) is 7.29. The highest BCUT2D eigenvalue weighted by Crippen LogP contribution is 2.21. The van der Waals surface area contributed by atoms with Gasteiger partial charge in [0, 0.05) is 11.1 Å². The molecule has 0 aliphatic heterocycles. The molecule has 2 atom stereocenters. The van der Waals surface area contributed by atoms with Crippen LogP contribution in [0.25, 0.3) is 0 Å². The predicted octanol–water partition coefficient (Wildman–Crippen LogP) is 3.93. The largest absolute Gasteiger partial charge is 0.271 e. The fourth-order valence-electron chi connectivity index (χ4n) is 2.44. The minimum atomic E-state index is 0.333. The summed E-state index contributed by atoms with van der Waals surface area (Å²) < 4.78 is 0. The van der Waals surface area contributed by atoms with Gasteiger partial charge in [0.15, 0.2) is 0 Å². The standard InChI is InChI=1S/C15H25ClN2/c1-3-5-8-13(4-2)15(18-17)11-12-7-6-9-14(16)10-12/h6-7,9-10,13,15,18H,3-5,8,11,17H2,1-2H3. The predicted molar refractivity (Wildman–Crippen MR) is 79.6 cm³/mol. The van der Waals surface area contributed by atoms with Crippen LogP contribution >= 0.6 is 11.6 Å². The molecule has 1 aromatic carbocycles. The van der Waals surface area contributed by atoms with E-state index in [1.165, 1.54) is 24.8 Å². The van der Waals surface area contributed by atoms with Crippen molar-refractivity contribution in [2.45, 2.75) is 52.0 Å². The van der Waals surface area contributed by atoms with Gasteiger partial charge in [-0.25, -0.2) is 0 Å². The van der Waals surface area contributed by atoms with E-state index < -0.39 is 0 Å². The second-order valence-corrected chi connectivity index (χ2v) is 5.35. The molecule has 0 aromatic heterocycles. The van der Waals surface area contributed by atoms with Gasteiger partial charge in [-0.15, -0.1) is 0 Å². The van der Waals surface area contributed by atoms with Gasteiger partial charge in [-0.2, -0.15) is 0 Å². The van der Waals surface area contributed by atoms with Crippen LogP contribution in [0.5, 0.6) is 0 Å². The average molecular weight is 269 g/mol. The molecule has 102 valence electrons. The maximum atomic E-state index is 6.02. The van der Waals surface area contributed by atoms with Crippen LogP contribution in [0.15, 0.2) is 24.3 Å². The molecule has 3 N–H and O–H groups in total. The lowest BCUT2D eigenvalue weighted by atomic mass is 9.88. The van der Waals surface area contributed by atoms with Crippen LogP contribution < -0.4 is 11.3 Å². The lowest BCUT2D eigenvalue weighted by molar-refractivity contribution is 0.318. The van der Waals surface area contributed by atoms with Gasteiger partial charge in [0.25, 0.3) is 0 Å². The highest BCUT2D eigenvalue weighted by Gasteiger charge is 2.18. The molecule has 18 heavy (non-hydrogen) atoms. The van der Waals surface area contributed by atoms with Crippen molar-refractivity contribution in [3.63, 3.8) is 0 Å². The number of rotatable bonds is 8. The van der Waals surface area contributed by atoms with Crippen molar-refractivity contribution in [3.05, 3.63) is 34.9 Å². The summed E-state index contributed by atoms with van der Waals surface area (Å²) in [5, 5.41) is 0.796. The molecule has 0 saturated heterocycles. The van der Waals surface area contributed by atoms with Crippen LogP contribution in [-0.2, 0) is 6.42 Å². The van der Waals surface area contributed by atoms with Gasteiger partial charge in [-0.05, 0) is 36.5 Å². The SMILES string of the molecule is CCCCC(CC)C(Cc1cccc(Cl)c1)NN. The summed E-state index contributed by atoms with van der Waals surface area (Å²) in [6, 6.07) is 8.38. The monoisotopic (exact) mass is 268 g/mol. The fraction of sp³-hybridized carbons (Fsp3) is 0.600. The lowest BCUT2D eigenvalue weighted by Crippen LogP contribution is -2.42. The van der Waals surface area contributed by atoms with Gasteiger partial charge in [-0.1, -0.05) is 56.8 Å². The fourth-order valence-corrected chi connectivity index (χ4v) is 2.65. The van der Waals surface area contributed by atoms with Crippen molar-refractivity contribution >= 4 is 11.6 Å². The Bertz CT molecular complexity index is 341. The maximum absolute atomic E-state index is 6.02. The van der Waals surface area contributed by atoms with E-state index in [0.29, 0.717) is 12.0 Å². The smallest absolute Gasteiger partial charge is 0.0408 e. The molecule has 0 heterocycles. The van der Waals surface area contributed by atoms with Gasteiger partial charge < -0.3 is 0 Å². The molecule has 1 aromatic rings. The summed E-state index contributed by atoms with van der Waals surface area (Å²) >= 11 is 6.02. The minimum Gasteiger partial charge on any atom is -0.271 e. The van der Waals surface area contributed by atoms with Gasteiger partial charge in [0.2, 0.25) is 0 Å². The summed E-state index contributed by atoms with van der Waals surface area (Å²) in [5.74, 6) is 6.36. The third kappa shape index (κ3) is 4.97. The summed E-state index contributed by atoms with van der Waals surface area (Å²) in [6.45, 7) is 4.47. The molecular weight excluding hydrogens is 244 g/mol. The quantitative estimate of drug-likeness (QED) is 0.554. The third-order valence-corrected chi connectivity index (χ3v) is 3.82. The van der Waals surface area contributed by atoms with E-state index in [-0.39, 0.29) is 0 Å². The molecule has 0 saturated carbocycles. The third-order valence-electron chi connectivity index (χ3n) is 3.58. The molecule has 1 rings (SSSR count). The Hall–Kier alpha value is -0.570. The molecule has 0 aliphatic carbocycles. The molecule has 0 spiro atoms. The van der Waals surface area contributed by atoms with Crippen LogP contribution in [0.2, 0.25) is 5.02 Å². The zero-order valence-electron chi connectivity index (χ0n) is 11.5. The first-order valence-electron chi connectivity index (χ1n) is 6.91. The van der Waals surface area contributed by atoms with Crippen molar-refractivity contribution in [2.24, 2.45) is 11.8 Å². The van der Waals surface area contributed by atoms with Crippen molar-refractivity contribution in [1.29, 1.82) is 0 Å². The van der Waals surface area contributed by atoms with Crippen molar-refractivity contribution in [1.82, 2.24) is 5.43 Å². The first kappa shape index (κ1) is 15.5. The summed E-state index contributed by atoms with van der Waals surface area (Å²) in [6.07, 6.45) is 5.86. The molecule has 0 bridgehead atoms. The first-order chi connectivity index (χ1) is 8.71. The van der Waals surface area contributed by atoms with Crippen LogP contribution in [0.4, 0.5) is 0 Å². The van der Waals surface area contributed by atoms with E-state index in [9.17, 15) is 0 Å². The Kier molecular flexibility index (Phi) is 7.33. The van der Waals surface area contributed by atoms with Crippen LogP contribution in [0.3, 0.4) is 0 Å². The van der Waals surface area contributed by atoms with Gasteiger partial charge >= 0.3 is 0 Å². The van der Waals surface area contributed by atoms with Gasteiger partial charge in [0.05, 0.1) is 0 Å². The van der Waals surface area contributed by atoms with Crippen molar-refractivity contribution in [2.75, 3.05) is 0 Å². The number of benzene rings is 1.